The second-order valence-corrected chi connectivity index (χ2v) is 6.52. The fourth-order valence-electron chi connectivity index (χ4n) is 2.06. The summed E-state index contributed by atoms with van der Waals surface area (Å²) in [7, 11) is 1.56. The SMILES string of the molecule is COc1ccc(CC[C@@](CO)(NC(=O)OC(C)(C)C)C(=O)O)cc1. The van der Waals surface area contributed by atoms with Crippen molar-refractivity contribution in [1.82, 2.24) is 5.32 Å². The van der Waals surface area contributed by atoms with E-state index in [9.17, 15) is 19.8 Å². The summed E-state index contributed by atoms with van der Waals surface area (Å²) in [6.07, 6.45) is -0.509. The summed E-state index contributed by atoms with van der Waals surface area (Å²) in [4.78, 5) is 23.5. The van der Waals surface area contributed by atoms with Gasteiger partial charge in [-0.15, -0.1) is 0 Å². The van der Waals surface area contributed by atoms with E-state index in [0.717, 1.165) is 5.56 Å². The number of amides is 1. The van der Waals surface area contributed by atoms with Crippen LogP contribution in [0, 0.1) is 0 Å². The van der Waals surface area contributed by atoms with E-state index in [4.69, 9.17) is 9.47 Å². The Morgan fingerprint density at radius 2 is 1.75 bits per heavy atom. The van der Waals surface area contributed by atoms with E-state index in [-0.39, 0.29) is 6.42 Å². The van der Waals surface area contributed by atoms with E-state index >= 15 is 0 Å². The minimum atomic E-state index is -1.80. The van der Waals surface area contributed by atoms with E-state index in [2.05, 4.69) is 5.32 Å². The monoisotopic (exact) mass is 339 g/mol. The molecule has 0 radical (unpaired) electrons. The van der Waals surface area contributed by atoms with Gasteiger partial charge in [-0.25, -0.2) is 9.59 Å². The number of aliphatic hydroxyl groups excluding tert-OH is 1. The third-order valence-electron chi connectivity index (χ3n) is 3.42. The molecule has 0 heterocycles. The van der Waals surface area contributed by atoms with E-state index in [1.807, 2.05) is 0 Å². The Kier molecular flexibility index (Phi) is 6.60. The van der Waals surface area contributed by atoms with Gasteiger partial charge in [-0.3, -0.25) is 0 Å². The number of aryl methyl sites for hydroxylation is 1. The van der Waals surface area contributed by atoms with Crippen LogP contribution in [0.3, 0.4) is 0 Å². The van der Waals surface area contributed by atoms with Crippen LogP contribution in [-0.2, 0) is 16.0 Å². The van der Waals surface area contributed by atoms with E-state index in [1.165, 1.54) is 0 Å². The number of benzene rings is 1. The number of ether oxygens (including phenoxy) is 2. The normalized spacial score (nSPS) is 13.7. The fraction of sp³-hybridized carbons (Fsp3) is 0.529. The number of alkyl carbamates (subject to hydrolysis) is 1. The number of carbonyl (C=O) groups excluding carboxylic acids is 1. The number of carbonyl (C=O) groups is 2. The summed E-state index contributed by atoms with van der Waals surface area (Å²) in [6.45, 7) is 4.28. The highest BCUT2D eigenvalue weighted by atomic mass is 16.6. The Hall–Kier alpha value is -2.28. The van der Waals surface area contributed by atoms with Gasteiger partial charge in [0.25, 0.3) is 0 Å². The second-order valence-electron chi connectivity index (χ2n) is 6.52. The molecule has 0 aromatic heterocycles. The number of aliphatic carboxylic acids is 1. The molecule has 1 aromatic carbocycles. The molecular formula is C17H25NO6. The minimum Gasteiger partial charge on any atom is -0.497 e. The highest BCUT2D eigenvalue weighted by Gasteiger charge is 2.40. The maximum atomic E-state index is 11.9. The van der Waals surface area contributed by atoms with Crippen LogP contribution in [0.2, 0.25) is 0 Å². The number of aliphatic hydroxyl groups is 1. The molecule has 0 aliphatic heterocycles. The predicted octanol–water partition coefficient (Wildman–Crippen LogP) is 1.97. The average molecular weight is 339 g/mol. The summed E-state index contributed by atoms with van der Waals surface area (Å²) >= 11 is 0. The first-order valence-corrected chi connectivity index (χ1v) is 7.60. The lowest BCUT2D eigenvalue weighted by Gasteiger charge is -2.30. The lowest BCUT2D eigenvalue weighted by molar-refractivity contribution is -0.147. The largest absolute Gasteiger partial charge is 0.497 e. The quantitative estimate of drug-likeness (QED) is 0.701. The molecule has 0 aliphatic rings. The van der Waals surface area contributed by atoms with E-state index in [0.29, 0.717) is 12.2 Å². The molecule has 0 unspecified atom stereocenters. The number of hydrogen-bond acceptors (Lipinski definition) is 5. The van der Waals surface area contributed by atoms with Crippen LogP contribution in [0.1, 0.15) is 32.8 Å². The Labute approximate surface area is 141 Å². The molecule has 1 atom stereocenters. The maximum absolute atomic E-state index is 11.9. The van der Waals surface area contributed by atoms with Gasteiger partial charge in [-0.05, 0) is 51.3 Å². The number of nitrogens with one attached hydrogen (secondary N) is 1. The van der Waals surface area contributed by atoms with Crippen molar-refractivity contribution in [2.45, 2.75) is 44.8 Å². The molecule has 1 aromatic rings. The Morgan fingerprint density at radius 3 is 2.17 bits per heavy atom. The second kappa shape index (κ2) is 8.01. The molecule has 7 heteroatoms. The maximum Gasteiger partial charge on any atom is 0.408 e. The van der Waals surface area contributed by atoms with Crippen LogP contribution < -0.4 is 10.1 Å². The van der Waals surface area contributed by atoms with E-state index in [1.54, 1.807) is 52.1 Å². The van der Waals surface area contributed by atoms with Crippen molar-refractivity contribution in [3.63, 3.8) is 0 Å². The number of methoxy groups -OCH3 is 1. The van der Waals surface area contributed by atoms with Crippen LogP contribution in [0.4, 0.5) is 4.79 Å². The zero-order valence-electron chi connectivity index (χ0n) is 14.5. The summed E-state index contributed by atoms with van der Waals surface area (Å²) in [5.74, 6) is -0.623. The van der Waals surface area contributed by atoms with Crippen molar-refractivity contribution < 1.29 is 29.3 Å². The first kappa shape index (κ1) is 19.8. The minimum absolute atomic E-state index is 0.0183. The third kappa shape index (κ3) is 5.73. The first-order chi connectivity index (χ1) is 11.1. The van der Waals surface area contributed by atoms with Crippen molar-refractivity contribution in [2.24, 2.45) is 0 Å². The molecule has 134 valence electrons. The van der Waals surface area contributed by atoms with Gasteiger partial charge in [-0.1, -0.05) is 12.1 Å². The molecule has 0 bridgehead atoms. The standard InChI is InChI=1S/C17H25NO6/c1-16(2,3)24-15(22)18-17(11-19,14(20)21)10-9-12-5-7-13(23-4)8-6-12/h5-8,19H,9-11H2,1-4H3,(H,18,22)(H,20,21)/t17-/m0/s1. The molecule has 0 fully saturated rings. The molecule has 0 aliphatic carbocycles. The smallest absolute Gasteiger partial charge is 0.408 e. The molecular weight excluding hydrogens is 314 g/mol. The summed E-state index contributed by atoms with van der Waals surface area (Å²) in [6, 6.07) is 7.13. The molecule has 0 spiro atoms. The topological polar surface area (TPSA) is 105 Å². The third-order valence-corrected chi connectivity index (χ3v) is 3.42. The van der Waals surface area contributed by atoms with Crippen LogP contribution in [-0.4, -0.2) is 47.1 Å². The average Bonchev–Trinajstić information content (AvgIpc) is 2.49. The number of rotatable bonds is 7. The first-order valence-electron chi connectivity index (χ1n) is 7.60. The van der Waals surface area contributed by atoms with Gasteiger partial charge < -0.3 is 25.0 Å². The summed E-state index contributed by atoms with van der Waals surface area (Å²) in [5, 5.41) is 21.4. The highest BCUT2D eigenvalue weighted by molar-refractivity contribution is 5.84. The van der Waals surface area contributed by atoms with Crippen molar-refractivity contribution >= 4 is 12.1 Å². The van der Waals surface area contributed by atoms with Gasteiger partial charge in [0.15, 0.2) is 5.54 Å². The zero-order valence-corrected chi connectivity index (χ0v) is 14.5. The van der Waals surface area contributed by atoms with Crippen molar-refractivity contribution in [1.29, 1.82) is 0 Å². The van der Waals surface area contributed by atoms with Gasteiger partial charge in [-0.2, -0.15) is 0 Å². The van der Waals surface area contributed by atoms with Gasteiger partial charge >= 0.3 is 12.1 Å². The lowest BCUT2D eigenvalue weighted by atomic mass is 9.92. The summed E-state index contributed by atoms with van der Waals surface area (Å²) < 4.78 is 10.2. The Morgan fingerprint density at radius 1 is 1.17 bits per heavy atom. The summed E-state index contributed by atoms with van der Waals surface area (Å²) in [5.41, 5.74) is -1.71. The molecule has 7 nitrogen and oxygen atoms in total. The van der Waals surface area contributed by atoms with Crippen molar-refractivity contribution in [2.75, 3.05) is 13.7 Å². The Balaban J connectivity index is 2.83. The molecule has 1 rings (SSSR count). The van der Waals surface area contributed by atoms with Gasteiger partial charge in [0.05, 0.1) is 13.7 Å². The van der Waals surface area contributed by atoms with Gasteiger partial charge in [0.2, 0.25) is 0 Å². The zero-order chi connectivity index (χ0) is 18.4. The molecule has 0 saturated heterocycles. The van der Waals surface area contributed by atoms with Crippen molar-refractivity contribution in [3.05, 3.63) is 29.8 Å². The van der Waals surface area contributed by atoms with Crippen LogP contribution >= 0.6 is 0 Å². The molecule has 1 amide bonds. The van der Waals surface area contributed by atoms with Crippen LogP contribution in [0.25, 0.3) is 0 Å². The number of carboxylic acids is 1. The fourth-order valence-corrected chi connectivity index (χ4v) is 2.06. The van der Waals surface area contributed by atoms with Crippen LogP contribution in [0.5, 0.6) is 5.75 Å². The lowest BCUT2D eigenvalue weighted by Crippen LogP contribution is -2.58. The number of carboxylic acid groups (broad SMARTS) is 1. The molecule has 0 saturated carbocycles. The van der Waals surface area contributed by atoms with Crippen LogP contribution in [0.15, 0.2) is 24.3 Å². The van der Waals surface area contributed by atoms with Gasteiger partial charge in [0, 0.05) is 0 Å². The Bertz CT molecular complexity index is 563. The molecule has 24 heavy (non-hydrogen) atoms. The highest BCUT2D eigenvalue weighted by Crippen LogP contribution is 2.19. The van der Waals surface area contributed by atoms with E-state index < -0.39 is 29.8 Å². The van der Waals surface area contributed by atoms with Gasteiger partial charge in [0.1, 0.15) is 11.4 Å². The molecule has 3 N–H and O–H groups in total. The van der Waals surface area contributed by atoms with Crippen molar-refractivity contribution in [3.8, 4) is 5.75 Å². The predicted molar refractivity (Wildman–Crippen MR) is 88.1 cm³/mol. The number of hydrogen-bond donors (Lipinski definition) is 3.